The Morgan fingerprint density at radius 2 is 0.400 bits per heavy atom. The summed E-state index contributed by atoms with van der Waals surface area (Å²) >= 11 is 0. The van der Waals surface area contributed by atoms with E-state index in [1.807, 2.05) is 0 Å². The number of hydrogen-bond donors (Lipinski definition) is 0. The number of hydrogen-bond acceptors (Lipinski definition) is 0. The fourth-order valence-electron chi connectivity index (χ4n) is 0. The molecular formula is Pt3Sn2. The van der Waals surface area contributed by atoms with Gasteiger partial charge in [-0.25, -0.2) is 0 Å². The van der Waals surface area contributed by atoms with E-state index in [1.165, 1.54) is 0 Å². The predicted molar refractivity (Wildman–Crippen MR) is 11.5 cm³/mol. The summed E-state index contributed by atoms with van der Waals surface area (Å²) in [7, 11) is 0. The molecule has 8 radical (unpaired) electrons. The Morgan fingerprint density at radius 1 is 0.400 bits per heavy atom. The van der Waals surface area contributed by atoms with Gasteiger partial charge in [0.15, 0.2) is 0 Å². The molecule has 0 heterocycles. The molecule has 38 valence electrons. The minimum Gasteiger partial charge on any atom is 0 e. The second kappa shape index (κ2) is 25.4. The Hall–Kier alpha value is 3.66. The van der Waals surface area contributed by atoms with Gasteiger partial charge in [0, 0.05) is 111 Å². The van der Waals surface area contributed by atoms with E-state index in [9.17, 15) is 0 Å². The molecule has 0 atom stereocenters. The molecule has 0 aliphatic heterocycles. The molecule has 0 unspecified atom stereocenters. The van der Waals surface area contributed by atoms with Crippen molar-refractivity contribution in [1.29, 1.82) is 0 Å². The van der Waals surface area contributed by atoms with Gasteiger partial charge in [0.25, 0.3) is 0 Å². The topological polar surface area (TPSA) is 0 Å². The van der Waals surface area contributed by atoms with Crippen LogP contribution in [0.1, 0.15) is 0 Å². The molecule has 0 amide bonds. The van der Waals surface area contributed by atoms with E-state index in [1.54, 1.807) is 0 Å². The first kappa shape index (κ1) is 37.9. The van der Waals surface area contributed by atoms with Gasteiger partial charge in [-0.2, -0.15) is 0 Å². The molecule has 0 bridgehead atoms. The van der Waals surface area contributed by atoms with Crippen LogP contribution in [0.5, 0.6) is 0 Å². The molecule has 0 fully saturated rings. The second-order valence-corrected chi connectivity index (χ2v) is 0. The van der Waals surface area contributed by atoms with Crippen LogP contribution in [0.2, 0.25) is 0 Å². The summed E-state index contributed by atoms with van der Waals surface area (Å²) in [5.41, 5.74) is 0. The van der Waals surface area contributed by atoms with Crippen molar-refractivity contribution in [2.75, 3.05) is 0 Å². The Labute approximate surface area is 109 Å². The minimum absolute atomic E-state index is 0. The first-order chi connectivity index (χ1) is 0. The summed E-state index contributed by atoms with van der Waals surface area (Å²) in [5.74, 6) is 0. The maximum absolute atomic E-state index is 0. The summed E-state index contributed by atoms with van der Waals surface area (Å²) in [6, 6.07) is 0. The molecule has 0 aliphatic carbocycles. The van der Waals surface area contributed by atoms with Crippen molar-refractivity contribution in [1.82, 2.24) is 0 Å². The average molecular weight is 823 g/mol. The summed E-state index contributed by atoms with van der Waals surface area (Å²) in [6.45, 7) is 0. The van der Waals surface area contributed by atoms with Crippen molar-refractivity contribution in [3.8, 4) is 0 Å². The molecule has 0 aromatic carbocycles. The molecule has 0 nitrogen and oxygen atoms in total. The Balaban J connectivity index is 0. The number of rotatable bonds is 0. The van der Waals surface area contributed by atoms with Crippen LogP contribution in [0.15, 0.2) is 0 Å². The minimum atomic E-state index is 0. The fourth-order valence-corrected chi connectivity index (χ4v) is 0. The van der Waals surface area contributed by atoms with Crippen molar-refractivity contribution < 1.29 is 63.2 Å². The monoisotopic (exact) mass is 825 g/mol. The van der Waals surface area contributed by atoms with Gasteiger partial charge in [-0.05, 0) is 0 Å². The summed E-state index contributed by atoms with van der Waals surface area (Å²) < 4.78 is 0. The fraction of sp³-hybridized carbons (Fsp3) is 0. The third kappa shape index (κ3) is 18.3. The van der Waals surface area contributed by atoms with Crippen molar-refractivity contribution >= 4 is 47.8 Å². The average Bonchev–Trinajstić information content (AvgIpc) is 0. The maximum Gasteiger partial charge on any atom is 0 e. The SMILES string of the molecule is [Pt].[Pt].[Pt].[Sn].[Sn]. The standard InChI is InChI=1S/3Pt.2Sn. The summed E-state index contributed by atoms with van der Waals surface area (Å²) in [6.07, 6.45) is 0. The van der Waals surface area contributed by atoms with Gasteiger partial charge in [-0.3, -0.25) is 0 Å². The first-order valence-corrected chi connectivity index (χ1v) is 0. The van der Waals surface area contributed by atoms with Gasteiger partial charge in [-0.1, -0.05) is 0 Å². The normalized spacial score (nSPS) is 0. The van der Waals surface area contributed by atoms with E-state index in [4.69, 9.17) is 0 Å². The van der Waals surface area contributed by atoms with Crippen molar-refractivity contribution in [3.63, 3.8) is 0 Å². The molecule has 0 aromatic heterocycles. The molecule has 0 saturated heterocycles. The van der Waals surface area contributed by atoms with E-state index >= 15 is 0 Å². The van der Waals surface area contributed by atoms with Gasteiger partial charge in [0.2, 0.25) is 0 Å². The second-order valence-electron chi connectivity index (χ2n) is 0. The third-order valence-corrected chi connectivity index (χ3v) is 0. The van der Waals surface area contributed by atoms with Crippen LogP contribution in [0.4, 0.5) is 0 Å². The van der Waals surface area contributed by atoms with Gasteiger partial charge >= 0.3 is 0 Å². The predicted octanol–water partition coefficient (Wildman–Crippen LogP) is -0.769. The van der Waals surface area contributed by atoms with E-state index in [2.05, 4.69) is 0 Å². The van der Waals surface area contributed by atoms with Crippen LogP contribution in [0.25, 0.3) is 0 Å². The zero-order valence-corrected chi connectivity index (χ0v) is 14.5. The smallest absolute Gasteiger partial charge is 0 e. The quantitative estimate of drug-likeness (QED) is 0.282. The Bertz CT molecular complexity index is 4.85. The van der Waals surface area contributed by atoms with Crippen molar-refractivity contribution in [2.45, 2.75) is 0 Å². The largest absolute Gasteiger partial charge is 0 e. The summed E-state index contributed by atoms with van der Waals surface area (Å²) in [4.78, 5) is 0. The van der Waals surface area contributed by atoms with Gasteiger partial charge < -0.3 is 0 Å². The zero-order chi connectivity index (χ0) is 0. The van der Waals surface area contributed by atoms with Crippen LogP contribution in [0, 0.1) is 0 Å². The molecular weight excluding hydrogens is 823 g/mol. The van der Waals surface area contributed by atoms with Crippen LogP contribution in [-0.2, 0) is 63.2 Å². The molecule has 5 heavy (non-hydrogen) atoms. The summed E-state index contributed by atoms with van der Waals surface area (Å²) in [5, 5.41) is 0. The third-order valence-electron chi connectivity index (χ3n) is 0. The Kier molecular flexibility index (Phi) is 192. The van der Waals surface area contributed by atoms with E-state index in [0.717, 1.165) is 0 Å². The molecule has 0 rings (SSSR count). The maximum atomic E-state index is 0. The van der Waals surface area contributed by atoms with E-state index in [0.29, 0.717) is 0 Å². The zero-order valence-electron chi connectivity index (χ0n) is 1.95. The van der Waals surface area contributed by atoms with Crippen LogP contribution < -0.4 is 0 Å². The molecule has 0 saturated carbocycles. The first-order valence-electron chi connectivity index (χ1n) is 0. The molecule has 0 spiro atoms. The van der Waals surface area contributed by atoms with Gasteiger partial charge in [0.1, 0.15) is 0 Å². The molecule has 0 aromatic rings. The van der Waals surface area contributed by atoms with Gasteiger partial charge in [-0.15, -0.1) is 0 Å². The van der Waals surface area contributed by atoms with Crippen LogP contribution in [-0.4, -0.2) is 47.8 Å². The Morgan fingerprint density at radius 3 is 0.400 bits per heavy atom. The van der Waals surface area contributed by atoms with Crippen LogP contribution in [0.3, 0.4) is 0 Å². The van der Waals surface area contributed by atoms with Crippen molar-refractivity contribution in [3.05, 3.63) is 0 Å². The van der Waals surface area contributed by atoms with Crippen molar-refractivity contribution in [2.24, 2.45) is 0 Å². The van der Waals surface area contributed by atoms with Gasteiger partial charge in [0.05, 0.1) is 0 Å². The molecule has 0 N–H and O–H groups in total. The molecule has 0 aliphatic rings. The molecule has 5 heteroatoms. The van der Waals surface area contributed by atoms with Crippen LogP contribution >= 0.6 is 0 Å². The van der Waals surface area contributed by atoms with E-state index in [-0.39, 0.29) is 111 Å². The van der Waals surface area contributed by atoms with E-state index < -0.39 is 0 Å².